The van der Waals surface area contributed by atoms with E-state index < -0.39 is 11.8 Å². The summed E-state index contributed by atoms with van der Waals surface area (Å²) in [5.74, 6) is -1.22. The minimum Gasteiger partial charge on any atom is -0.347 e. The van der Waals surface area contributed by atoms with Gasteiger partial charge in [-0.15, -0.1) is 0 Å². The minimum absolute atomic E-state index is 0.206. The first-order valence-electron chi connectivity index (χ1n) is 4.33. The molecule has 0 atom stereocenters. The van der Waals surface area contributed by atoms with Gasteiger partial charge in [0.1, 0.15) is 5.82 Å². The average Bonchev–Trinajstić information content (AvgIpc) is 2.23. The first-order valence-corrected chi connectivity index (χ1v) is 5.12. The Morgan fingerprint density at radius 3 is 2.69 bits per heavy atom. The number of hydrogen-bond acceptors (Lipinski definition) is 3. The zero-order valence-corrected chi connectivity index (χ0v) is 10.3. The second-order valence-corrected chi connectivity index (χ2v) is 4.00. The van der Waals surface area contributed by atoms with Crippen molar-refractivity contribution in [1.29, 1.82) is 0 Å². The number of pyridine rings is 1. The maximum atomic E-state index is 11.4. The topological polar surface area (TPSA) is 65.2 Å². The van der Waals surface area contributed by atoms with Crippen LogP contribution in [-0.4, -0.2) is 35.8 Å². The van der Waals surface area contributed by atoms with Gasteiger partial charge in [0, 0.05) is 20.3 Å². The molecule has 1 aromatic heterocycles. The lowest BCUT2D eigenvalue weighted by Gasteiger charge is -2.10. The zero-order chi connectivity index (χ0) is 12.3. The summed E-state index contributed by atoms with van der Waals surface area (Å²) < 4.78 is 0.396. The van der Waals surface area contributed by atoms with Crippen LogP contribution in [-0.2, 0) is 9.59 Å². The van der Waals surface area contributed by atoms with Crippen LogP contribution < -0.4 is 5.32 Å². The smallest absolute Gasteiger partial charge is 0.315 e. The standard InChI is InChI=1S/C9H10ClN3O2S/c1-13(2)9(15)8(14)12-7-6(10)5(16)3-4-11-7/h3-4H,1-2H3,(H2,11,12,14,16). The Hall–Kier alpha value is -1.40. The molecule has 0 saturated carbocycles. The van der Waals surface area contributed by atoms with E-state index in [1.165, 1.54) is 25.2 Å². The number of rotatable bonds is 1. The molecule has 0 aromatic carbocycles. The van der Waals surface area contributed by atoms with Gasteiger partial charge in [0.05, 0.1) is 9.53 Å². The van der Waals surface area contributed by atoms with Crippen LogP contribution in [0.15, 0.2) is 12.3 Å². The molecule has 86 valence electrons. The Bertz CT molecular complexity index is 484. The third kappa shape index (κ3) is 2.80. The van der Waals surface area contributed by atoms with E-state index in [9.17, 15) is 9.59 Å². The summed E-state index contributed by atoms with van der Waals surface area (Å²) in [6, 6.07) is 1.58. The van der Waals surface area contributed by atoms with Gasteiger partial charge in [0.2, 0.25) is 0 Å². The molecule has 0 saturated heterocycles. The molecule has 7 heteroatoms. The highest BCUT2D eigenvalue weighted by atomic mass is 35.5. The van der Waals surface area contributed by atoms with Gasteiger partial charge in [0.25, 0.3) is 0 Å². The third-order valence-electron chi connectivity index (χ3n) is 1.74. The Balaban J connectivity index is 2.90. The summed E-state index contributed by atoms with van der Waals surface area (Å²) in [6.07, 6.45) is 1.53. The number of halogens is 1. The molecule has 16 heavy (non-hydrogen) atoms. The summed E-state index contributed by atoms with van der Waals surface area (Å²) in [5, 5.41) is 2.55. The Morgan fingerprint density at radius 1 is 1.50 bits per heavy atom. The molecule has 0 aliphatic heterocycles. The molecule has 1 aromatic rings. The lowest BCUT2D eigenvalue weighted by atomic mass is 10.4. The molecule has 1 rings (SSSR count). The fourth-order valence-electron chi connectivity index (χ4n) is 0.921. The van der Waals surface area contributed by atoms with E-state index in [4.69, 9.17) is 23.8 Å². The molecular formula is C9H10ClN3O2S. The number of anilines is 1. The van der Waals surface area contributed by atoms with Gasteiger partial charge >= 0.3 is 11.8 Å². The van der Waals surface area contributed by atoms with Crippen molar-refractivity contribution < 1.29 is 9.59 Å². The van der Waals surface area contributed by atoms with E-state index in [1.807, 2.05) is 0 Å². The van der Waals surface area contributed by atoms with Crippen LogP contribution in [0.4, 0.5) is 5.82 Å². The van der Waals surface area contributed by atoms with Crippen LogP contribution in [0.25, 0.3) is 0 Å². The summed E-state index contributed by atoms with van der Waals surface area (Å²) in [7, 11) is 2.97. The normalized spacial score (nSPS) is 9.69. The molecular weight excluding hydrogens is 250 g/mol. The molecule has 0 bridgehead atoms. The number of carbonyl (C=O) groups excluding carboxylic acids is 2. The van der Waals surface area contributed by atoms with Crippen molar-refractivity contribution in [2.75, 3.05) is 19.4 Å². The van der Waals surface area contributed by atoms with Gasteiger partial charge in [-0.25, -0.2) is 0 Å². The number of aromatic nitrogens is 1. The van der Waals surface area contributed by atoms with Gasteiger partial charge < -0.3 is 15.2 Å². The van der Waals surface area contributed by atoms with Crippen LogP contribution in [0.2, 0.25) is 5.02 Å². The van der Waals surface area contributed by atoms with Gasteiger partial charge in [-0.1, -0.05) is 23.8 Å². The Kier molecular flexibility index (Phi) is 4.03. The van der Waals surface area contributed by atoms with Gasteiger partial charge in [0.15, 0.2) is 0 Å². The third-order valence-corrected chi connectivity index (χ3v) is 2.58. The van der Waals surface area contributed by atoms with Crippen molar-refractivity contribution in [1.82, 2.24) is 9.88 Å². The molecule has 0 radical (unpaired) electrons. The summed E-state index contributed by atoms with van der Waals surface area (Å²) >= 11 is 10.8. The van der Waals surface area contributed by atoms with E-state index in [0.717, 1.165) is 0 Å². The molecule has 0 unspecified atom stereocenters. The summed E-state index contributed by atoms with van der Waals surface area (Å²) in [6.45, 7) is 0. The van der Waals surface area contributed by atoms with E-state index in [1.54, 1.807) is 6.07 Å². The summed E-state index contributed by atoms with van der Waals surface area (Å²) in [5.41, 5.74) is 0. The number of nitrogens with zero attached hydrogens (tertiary/aromatic N) is 1. The number of H-pyrrole nitrogens is 1. The quantitative estimate of drug-likeness (QED) is 0.592. The van der Waals surface area contributed by atoms with Crippen LogP contribution in [0.1, 0.15) is 0 Å². The average molecular weight is 260 g/mol. The van der Waals surface area contributed by atoms with Crippen LogP contribution in [0.3, 0.4) is 0 Å². The molecule has 0 fully saturated rings. The lowest BCUT2D eigenvalue weighted by Crippen LogP contribution is -2.34. The molecule has 5 nitrogen and oxygen atoms in total. The van der Waals surface area contributed by atoms with Gasteiger partial charge in [-0.05, 0) is 6.07 Å². The lowest BCUT2D eigenvalue weighted by molar-refractivity contribution is -0.141. The van der Waals surface area contributed by atoms with Crippen molar-refractivity contribution in [3.8, 4) is 0 Å². The molecule has 0 aliphatic rings. The monoisotopic (exact) mass is 259 g/mol. The predicted octanol–water partition coefficient (Wildman–Crippen LogP) is 1.42. The Labute approximate surface area is 102 Å². The van der Waals surface area contributed by atoms with Crippen LogP contribution in [0.5, 0.6) is 0 Å². The Morgan fingerprint density at radius 2 is 2.12 bits per heavy atom. The number of nitrogens with one attached hydrogen (secondary N) is 2. The largest absolute Gasteiger partial charge is 0.347 e. The molecule has 2 N–H and O–H groups in total. The highest BCUT2D eigenvalue weighted by Gasteiger charge is 2.17. The van der Waals surface area contributed by atoms with E-state index in [0.29, 0.717) is 4.51 Å². The highest BCUT2D eigenvalue weighted by Crippen LogP contribution is 2.19. The maximum Gasteiger partial charge on any atom is 0.315 e. The molecule has 0 aliphatic carbocycles. The molecule has 2 amide bonds. The zero-order valence-electron chi connectivity index (χ0n) is 8.70. The maximum absolute atomic E-state index is 11.4. The highest BCUT2D eigenvalue weighted by molar-refractivity contribution is 7.71. The van der Waals surface area contributed by atoms with E-state index in [2.05, 4.69) is 10.3 Å². The number of likely N-dealkylation sites (N-methyl/N-ethyl adjacent to an activating group) is 1. The van der Waals surface area contributed by atoms with Crippen molar-refractivity contribution >= 4 is 41.5 Å². The van der Waals surface area contributed by atoms with Crippen LogP contribution >= 0.6 is 23.8 Å². The molecule has 1 heterocycles. The van der Waals surface area contributed by atoms with Crippen molar-refractivity contribution in [3.63, 3.8) is 0 Å². The predicted molar refractivity (Wildman–Crippen MR) is 64.0 cm³/mol. The van der Waals surface area contributed by atoms with E-state index in [-0.39, 0.29) is 10.8 Å². The first kappa shape index (κ1) is 12.7. The van der Waals surface area contributed by atoms with E-state index >= 15 is 0 Å². The van der Waals surface area contributed by atoms with Crippen molar-refractivity contribution in [2.45, 2.75) is 0 Å². The SMILES string of the molecule is CN(C)C(=O)C(=O)Nc1[nH]ccc(=S)c1Cl. The second-order valence-electron chi connectivity index (χ2n) is 3.18. The number of hydrogen-bond donors (Lipinski definition) is 2. The number of aromatic amines is 1. The number of carbonyl (C=O) groups is 2. The summed E-state index contributed by atoms with van der Waals surface area (Å²) in [4.78, 5) is 26.5. The van der Waals surface area contributed by atoms with Crippen LogP contribution in [0, 0.1) is 4.51 Å². The second kappa shape index (κ2) is 5.09. The fraction of sp³-hybridized carbons (Fsp3) is 0.222. The number of amides is 2. The van der Waals surface area contributed by atoms with Gasteiger partial charge in [-0.2, -0.15) is 0 Å². The first-order chi connectivity index (χ1) is 7.43. The molecule has 0 spiro atoms. The minimum atomic E-state index is -0.774. The van der Waals surface area contributed by atoms with Crippen molar-refractivity contribution in [2.24, 2.45) is 0 Å². The van der Waals surface area contributed by atoms with Gasteiger partial charge in [-0.3, -0.25) is 9.59 Å². The fourth-order valence-corrected chi connectivity index (χ4v) is 1.26. The van der Waals surface area contributed by atoms with Crippen molar-refractivity contribution in [3.05, 3.63) is 21.8 Å².